The predicted molar refractivity (Wildman–Crippen MR) is 71.3 cm³/mol. The zero-order chi connectivity index (χ0) is 12.3. The molecule has 1 aliphatic carbocycles. The largest absolute Gasteiger partial charge is 0.491 e. The average Bonchev–Trinajstić information content (AvgIpc) is 2.22. The third-order valence-electron chi connectivity index (χ3n) is 3.52. The highest BCUT2D eigenvalue weighted by molar-refractivity contribution is 5.31. The molecule has 0 heterocycles. The lowest BCUT2D eigenvalue weighted by Gasteiger charge is -2.34. The molecule has 2 nitrogen and oxygen atoms in total. The monoisotopic (exact) mass is 233 g/mol. The zero-order valence-corrected chi connectivity index (χ0v) is 11.1. The lowest BCUT2D eigenvalue weighted by atomic mass is 9.77. The van der Waals surface area contributed by atoms with Crippen LogP contribution in [0.15, 0.2) is 24.3 Å². The Kier molecular flexibility index (Phi) is 4.06. The first-order valence-corrected chi connectivity index (χ1v) is 6.64. The molecule has 1 saturated carbocycles. The van der Waals surface area contributed by atoms with Crippen molar-refractivity contribution >= 4 is 0 Å². The van der Waals surface area contributed by atoms with Gasteiger partial charge in [0.1, 0.15) is 5.75 Å². The molecular formula is C15H23NO. The van der Waals surface area contributed by atoms with Crippen molar-refractivity contribution in [1.82, 2.24) is 5.32 Å². The molecule has 0 aliphatic heterocycles. The molecule has 0 saturated heterocycles. The van der Waals surface area contributed by atoms with E-state index in [9.17, 15) is 0 Å². The molecule has 0 radical (unpaired) electrons. The SMILES string of the molecule is CNC(c1cccc(OC(C)C)c1)C1CCC1. The maximum Gasteiger partial charge on any atom is 0.120 e. The van der Waals surface area contributed by atoms with E-state index in [1.165, 1.54) is 24.8 Å². The number of rotatable bonds is 5. The molecule has 0 aromatic heterocycles. The molecule has 1 atom stereocenters. The van der Waals surface area contributed by atoms with Crippen molar-refractivity contribution in [2.75, 3.05) is 7.05 Å². The van der Waals surface area contributed by atoms with Crippen LogP contribution in [0.2, 0.25) is 0 Å². The Hall–Kier alpha value is -1.02. The van der Waals surface area contributed by atoms with Crippen molar-refractivity contribution < 1.29 is 4.74 Å². The van der Waals surface area contributed by atoms with Crippen LogP contribution in [-0.4, -0.2) is 13.2 Å². The van der Waals surface area contributed by atoms with Crippen molar-refractivity contribution in [3.05, 3.63) is 29.8 Å². The third-order valence-corrected chi connectivity index (χ3v) is 3.52. The van der Waals surface area contributed by atoms with Crippen molar-refractivity contribution in [2.24, 2.45) is 5.92 Å². The number of hydrogen-bond donors (Lipinski definition) is 1. The second kappa shape index (κ2) is 5.54. The smallest absolute Gasteiger partial charge is 0.120 e. The quantitative estimate of drug-likeness (QED) is 0.840. The predicted octanol–water partition coefficient (Wildman–Crippen LogP) is 3.53. The minimum absolute atomic E-state index is 0.238. The van der Waals surface area contributed by atoms with Gasteiger partial charge in [-0.1, -0.05) is 18.6 Å². The highest BCUT2D eigenvalue weighted by Crippen LogP contribution is 2.38. The van der Waals surface area contributed by atoms with Gasteiger partial charge in [-0.05, 0) is 57.4 Å². The Morgan fingerprint density at radius 1 is 1.29 bits per heavy atom. The van der Waals surface area contributed by atoms with Crippen molar-refractivity contribution in [2.45, 2.75) is 45.3 Å². The number of benzene rings is 1. The molecule has 1 fully saturated rings. The minimum atomic E-state index is 0.238. The highest BCUT2D eigenvalue weighted by Gasteiger charge is 2.27. The van der Waals surface area contributed by atoms with Gasteiger partial charge in [-0.15, -0.1) is 0 Å². The van der Waals surface area contributed by atoms with Gasteiger partial charge in [-0.3, -0.25) is 0 Å². The molecule has 1 aliphatic rings. The van der Waals surface area contributed by atoms with Gasteiger partial charge in [0.25, 0.3) is 0 Å². The molecule has 1 aromatic rings. The third kappa shape index (κ3) is 3.01. The summed E-state index contributed by atoms with van der Waals surface area (Å²) in [7, 11) is 2.05. The molecule has 2 heteroatoms. The van der Waals surface area contributed by atoms with Crippen LogP contribution in [0.4, 0.5) is 0 Å². The number of nitrogens with one attached hydrogen (secondary N) is 1. The van der Waals surface area contributed by atoms with Gasteiger partial charge in [-0.2, -0.15) is 0 Å². The first-order valence-electron chi connectivity index (χ1n) is 6.64. The highest BCUT2D eigenvalue weighted by atomic mass is 16.5. The number of ether oxygens (including phenoxy) is 1. The Balaban J connectivity index is 2.12. The van der Waals surface area contributed by atoms with Gasteiger partial charge in [0.2, 0.25) is 0 Å². The summed E-state index contributed by atoms with van der Waals surface area (Å²) in [5.41, 5.74) is 1.36. The van der Waals surface area contributed by atoms with E-state index in [2.05, 4.69) is 44.4 Å². The fourth-order valence-corrected chi connectivity index (χ4v) is 2.50. The van der Waals surface area contributed by atoms with Crippen LogP contribution >= 0.6 is 0 Å². The molecule has 0 amide bonds. The van der Waals surface area contributed by atoms with Gasteiger partial charge in [0.05, 0.1) is 6.10 Å². The average molecular weight is 233 g/mol. The summed E-state index contributed by atoms with van der Waals surface area (Å²) >= 11 is 0. The van der Waals surface area contributed by atoms with E-state index < -0.39 is 0 Å². The lowest BCUT2D eigenvalue weighted by Crippen LogP contribution is -2.29. The van der Waals surface area contributed by atoms with Gasteiger partial charge in [0.15, 0.2) is 0 Å². The van der Waals surface area contributed by atoms with E-state index in [0.717, 1.165) is 11.7 Å². The van der Waals surface area contributed by atoms with Crippen LogP contribution in [0.3, 0.4) is 0 Å². The van der Waals surface area contributed by atoms with Gasteiger partial charge >= 0.3 is 0 Å². The number of hydrogen-bond acceptors (Lipinski definition) is 2. The molecule has 17 heavy (non-hydrogen) atoms. The first kappa shape index (κ1) is 12.4. The molecule has 94 valence electrons. The molecule has 2 rings (SSSR count). The van der Waals surface area contributed by atoms with Crippen LogP contribution < -0.4 is 10.1 Å². The molecule has 1 unspecified atom stereocenters. The van der Waals surface area contributed by atoms with Crippen LogP contribution in [0.25, 0.3) is 0 Å². The van der Waals surface area contributed by atoms with Gasteiger partial charge < -0.3 is 10.1 Å². The topological polar surface area (TPSA) is 21.3 Å². The summed E-state index contributed by atoms with van der Waals surface area (Å²) in [5, 5.41) is 3.45. The van der Waals surface area contributed by atoms with E-state index in [-0.39, 0.29) is 6.10 Å². The van der Waals surface area contributed by atoms with E-state index in [1.807, 2.05) is 6.07 Å². The van der Waals surface area contributed by atoms with Crippen molar-refractivity contribution in [1.29, 1.82) is 0 Å². The minimum Gasteiger partial charge on any atom is -0.491 e. The first-order chi connectivity index (χ1) is 8.20. The van der Waals surface area contributed by atoms with Crippen LogP contribution in [-0.2, 0) is 0 Å². The summed E-state index contributed by atoms with van der Waals surface area (Å²) in [4.78, 5) is 0. The second-order valence-corrected chi connectivity index (χ2v) is 5.20. The van der Waals surface area contributed by atoms with Gasteiger partial charge in [0, 0.05) is 6.04 Å². The van der Waals surface area contributed by atoms with E-state index >= 15 is 0 Å². The summed E-state index contributed by atoms with van der Waals surface area (Å²) in [6, 6.07) is 9.00. The fourth-order valence-electron chi connectivity index (χ4n) is 2.50. The molecule has 0 bridgehead atoms. The summed E-state index contributed by atoms with van der Waals surface area (Å²) in [6.45, 7) is 4.13. The van der Waals surface area contributed by atoms with E-state index in [1.54, 1.807) is 0 Å². The summed E-state index contributed by atoms with van der Waals surface area (Å²) in [5.74, 6) is 1.78. The van der Waals surface area contributed by atoms with Crippen molar-refractivity contribution in [3.63, 3.8) is 0 Å². The standard InChI is InChI=1S/C15H23NO/c1-11(2)17-14-9-5-8-13(10-14)15(16-3)12-6-4-7-12/h5,8-12,15-16H,4,6-7H2,1-3H3. The summed E-state index contributed by atoms with van der Waals surface area (Å²) in [6.07, 6.45) is 4.31. The Labute approximate surface area is 104 Å². The van der Waals surface area contributed by atoms with Gasteiger partial charge in [-0.25, -0.2) is 0 Å². The van der Waals surface area contributed by atoms with Crippen molar-refractivity contribution in [3.8, 4) is 5.75 Å². The zero-order valence-electron chi connectivity index (χ0n) is 11.1. The van der Waals surface area contributed by atoms with Crippen LogP contribution in [0.5, 0.6) is 5.75 Å². The molecule has 1 N–H and O–H groups in total. The molecule has 1 aromatic carbocycles. The maximum absolute atomic E-state index is 5.75. The van der Waals surface area contributed by atoms with Crippen LogP contribution in [0, 0.1) is 5.92 Å². The van der Waals surface area contributed by atoms with E-state index in [4.69, 9.17) is 4.74 Å². The molecular weight excluding hydrogens is 210 g/mol. The second-order valence-electron chi connectivity index (χ2n) is 5.20. The summed E-state index contributed by atoms with van der Waals surface area (Å²) < 4.78 is 5.75. The molecule has 0 spiro atoms. The van der Waals surface area contributed by atoms with Crippen LogP contribution in [0.1, 0.15) is 44.7 Å². The Bertz CT molecular complexity index is 358. The normalized spacial score (nSPS) is 17.9. The Morgan fingerprint density at radius 3 is 2.59 bits per heavy atom. The van der Waals surface area contributed by atoms with E-state index in [0.29, 0.717) is 6.04 Å². The lowest BCUT2D eigenvalue weighted by molar-refractivity contribution is 0.232. The maximum atomic E-state index is 5.75. The Morgan fingerprint density at radius 2 is 2.06 bits per heavy atom. The fraction of sp³-hybridized carbons (Fsp3) is 0.600.